The number of nitrogen functional groups attached to an aromatic ring is 1. The first-order valence-electron chi connectivity index (χ1n) is 5.26. The van der Waals surface area contributed by atoms with Crippen molar-refractivity contribution in [2.24, 2.45) is 0 Å². The molecule has 0 bridgehead atoms. The van der Waals surface area contributed by atoms with Crippen LogP contribution < -0.4 is 5.73 Å². The van der Waals surface area contributed by atoms with Crippen molar-refractivity contribution < 1.29 is 17.2 Å². The van der Waals surface area contributed by atoms with Crippen LogP contribution in [0.4, 0.5) is 14.5 Å². The van der Waals surface area contributed by atoms with Crippen molar-refractivity contribution in [2.75, 3.05) is 5.73 Å². The van der Waals surface area contributed by atoms with Crippen LogP contribution in [-0.4, -0.2) is 13.4 Å². The van der Waals surface area contributed by atoms with Gasteiger partial charge in [-0.1, -0.05) is 6.07 Å². The highest BCUT2D eigenvalue weighted by molar-refractivity contribution is 7.90. The van der Waals surface area contributed by atoms with Gasteiger partial charge in [0.25, 0.3) is 0 Å². The van der Waals surface area contributed by atoms with Crippen LogP contribution in [0.25, 0.3) is 0 Å². The normalized spacial score (nSPS) is 11.5. The smallest absolute Gasteiger partial charge is 0.188 e. The van der Waals surface area contributed by atoms with Crippen molar-refractivity contribution >= 4 is 15.5 Å². The topological polar surface area (TPSA) is 73.1 Å². The molecule has 0 saturated heterocycles. The summed E-state index contributed by atoms with van der Waals surface area (Å²) < 4.78 is 51.2. The monoisotopic (exact) mass is 284 g/mol. The molecule has 1 heterocycles. The minimum Gasteiger partial charge on any atom is -0.399 e. The molecule has 0 saturated carbocycles. The molecule has 0 fully saturated rings. The van der Waals surface area contributed by atoms with Gasteiger partial charge in [-0.2, -0.15) is 0 Å². The van der Waals surface area contributed by atoms with E-state index in [1.165, 1.54) is 18.5 Å². The van der Waals surface area contributed by atoms with E-state index in [0.717, 1.165) is 12.1 Å². The molecule has 1 aromatic carbocycles. The highest BCUT2D eigenvalue weighted by Gasteiger charge is 2.25. The molecule has 0 unspecified atom stereocenters. The molecule has 0 aliphatic carbocycles. The fourth-order valence-corrected chi connectivity index (χ4v) is 3.12. The predicted molar refractivity (Wildman–Crippen MR) is 65.9 cm³/mol. The van der Waals surface area contributed by atoms with Gasteiger partial charge in [-0.05, 0) is 23.8 Å². The standard InChI is InChI=1S/C12H10F2N2O2S/c13-10-4-9(15)5-11(14)12(10)19(17,18)7-8-2-1-3-16-6-8/h1-6H,7,15H2. The molecule has 0 spiro atoms. The number of hydrogen-bond donors (Lipinski definition) is 1. The quantitative estimate of drug-likeness (QED) is 0.874. The van der Waals surface area contributed by atoms with Crippen LogP contribution in [-0.2, 0) is 15.6 Å². The van der Waals surface area contributed by atoms with Crippen LogP contribution in [0.15, 0.2) is 41.6 Å². The summed E-state index contributed by atoms with van der Waals surface area (Å²) in [5.41, 5.74) is 5.41. The van der Waals surface area contributed by atoms with Gasteiger partial charge in [0.2, 0.25) is 0 Å². The Balaban J connectivity index is 2.46. The summed E-state index contributed by atoms with van der Waals surface area (Å²) in [6, 6.07) is 4.61. The predicted octanol–water partition coefficient (Wildman–Crippen LogP) is 1.92. The number of pyridine rings is 1. The number of hydrogen-bond acceptors (Lipinski definition) is 4. The Bertz CT molecular complexity index is 680. The van der Waals surface area contributed by atoms with Crippen molar-refractivity contribution in [3.63, 3.8) is 0 Å². The van der Waals surface area contributed by atoms with Crippen LogP contribution in [0, 0.1) is 11.6 Å². The van der Waals surface area contributed by atoms with Crippen LogP contribution in [0.2, 0.25) is 0 Å². The van der Waals surface area contributed by atoms with E-state index < -0.39 is 32.1 Å². The summed E-state index contributed by atoms with van der Waals surface area (Å²) in [5, 5.41) is 0. The second kappa shape index (κ2) is 4.93. The van der Waals surface area contributed by atoms with Gasteiger partial charge < -0.3 is 5.73 Å². The highest BCUT2D eigenvalue weighted by atomic mass is 32.2. The van der Waals surface area contributed by atoms with E-state index in [0.29, 0.717) is 5.56 Å². The highest BCUT2D eigenvalue weighted by Crippen LogP contribution is 2.24. The molecule has 0 aliphatic rings. The van der Waals surface area contributed by atoms with Crippen molar-refractivity contribution in [1.82, 2.24) is 4.98 Å². The van der Waals surface area contributed by atoms with Crippen molar-refractivity contribution in [3.05, 3.63) is 53.9 Å². The van der Waals surface area contributed by atoms with E-state index in [-0.39, 0.29) is 5.69 Å². The van der Waals surface area contributed by atoms with Crippen LogP contribution in [0.5, 0.6) is 0 Å². The van der Waals surface area contributed by atoms with Gasteiger partial charge in [0.05, 0.1) is 5.75 Å². The summed E-state index contributed by atoms with van der Waals surface area (Å²) >= 11 is 0. The minimum absolute atomic E-state index is 0.171. The largest absolute Gasteiger partial charge is 0.399 e. The zero-order valence-corrected chi connectivity index (χ0v) is 10.5. The molecule has 0 amide bonds. The van der Waals surface area contributed by atoms with Crippen LogP contribution in [0.1, 0.15) is 5.56 Å². The first kappa shape index (κ1) is 13.4. The number of halogens is 2. The summed E-state index contributed by atoms with van der Waals surface area (Å²) in [6.45, 7) is 0. The summed E-state index contributed by atoms with van der Waals surface area (Å²) in [5.74, 6) is -2.92. The minimum atomic E-state index is -4.14. The van der Waals surface area contributed by atoms with Gasteiger partial charge in [0.15, 0.2) is 9.84 Å². The molecule has 100 valence electrons. The van der Waals surface area contributed by atoms with Crippen LogP contribution >= 0.6 is 0 Å². The maximum atomic E-state index is 13.6. The first-order chi connectivity index (χ1) is 8.90. The number of nitrogens with zero attached hydrogens (tertiary/aromatic N) is 1. The average molecular weight is 284 g/mol. The van der Waals surface area contributed by atoms with Crippen molar-refractivity contribution in [3.8, 4) is 0 Å². The fraction of sp³-hybridized carbons (Fsp3) is 0.0833. The lowest BCUT2D eigenvalue weighted by Crippen LogP contribution is -2.10. The molecule has 2 aromatic rings. The molecular weight excluding hydrogens is 274 g/mol. The van der Waals surface area contributed by atoms with Gasteiger partial charge >= 0.3 is 0 Å². The van der Waals surface area contributed by atoms with E-state index in [4.69, 9.17) is 5.73 Å². The fourth-order valence-electron chi connectivity index (χ4n) is 1.65. The Morgan fingerprint density at radius 1 is 1.21 bits per heavy atom. The SMILES string of the molecule is Nc1cc(F)c(S(=O)(=O)Cc2cccnc2)c(F)c1. The second-order valence-corrected chi connectivity index (χ2v) is 5.86. The van der Waals surface area contributed by atoms with Crippen LogP contribution in [0.3, 0.4) is 0 Å². The lowest BCUT2D eigenvalue weighted by molar-refractivity contribution is 0.520. The van der Waals surface area contributed by atoms with E-state index in [1.54, 1.807) is 6.07 Å². The average Bonchev–Trinajstić information content (AvgIpc) is 2.27. The number of anilines is 1. The van der Waals surface area contributed by atoms with E-state index in [2.05, 4.69) is 4.98 Å². The van der Waals surface area contributed by atoms with Gasteiger partial charge in [-0.25, -0.2) is 17.2 Å². The molecule has 7 heteroatoms. The van der Waals surface area contributed by atoms with Gasteiger partial charge in [0, 0.05) is 18.1 Å². The third kappa shape index (κ3) is 2.87. The lowest BCUT2D eigenvalue weighted by Gasteiger charge is -2.07. The zero-order chi connectivity index (χ0) is 14.0. The molecule has 1 aromatic heterocycles. The summed E-state index contributed by atoms with van der Waals surface area (Å²) in [6.07, 6.45) is 2.80. The van der Waals surface area contributed by atoms with Gasteiger partial charge in [0.1, 0.15) is 16.5 Å². The second-order valence-electron chi connectivity index (χ2n) is 3.93. The Morgan fingerprint density at radius 2 is 1.84 bits per heavy atom. The molecule has 19 heavy (non-hydrogen) atoms. The molecule has 2 rings (SSSR count). The van der Waals surface area contributed by atoms with Crippen molar-refractivity contribution in [2.45, 2.75) is 10.6 Å². The summed E-state index contributed by atoms with van der Waals surface area (Å²) in [7, 11) is -4.14. The Labute approximate surface area is 108 Å². The maximum Gasteiger partial charge on any atom is 0.188 e. The molecule has 0 atom stereocenters. The first-order valence-corrected chi connectivity index (χ1v) is 6.91. The molecule has 2 N–H and O–H groups in total. The van der Waals surface area contributed by atoms with Gasteiger partial charge in [-0.15, -0.1) is 0 Å². The Kier molecular flexibility index (Phi) is 3.48. The number of rotatable bonds is 3. The van der Waals surface area contributed by atoms with Crippen molar-refractivity contribution in [1.29, 1.82) is 0 Å². The molecular formula is C12H10F2N2O2S. The Morgan fingerprint density at radius 3 is 2.37 bits per heavy atom. The van der Waals surface area contributed by atoms with Gasteiger partial charge in [-0.3, -0.25) is 4.98 Å². The third-order valence-corrected chi connectivity index (χ3v) is 4.14. The third-order valence-electron chi connectivity index (χ3n) is 2.41. The molecule has 0 aliphatic heterocycles. The zero-order valence-electron chi connectivity index (χ0n) is 9.68. The summed E-state index contributed by atoms with van der Waals surface area (Å²) in [4.78, 5) is 2.78. The van der Waals surface area contributed by atoms with E-state index in [1.807, 2.05) is 0 Å². The molecule has 4 nitrogen and oxygen atoms in total. The van der Waals surface area contributed by atoms with E-state index in [9.17, 15) is 17.2 Å². The number of aromatic nitrogens is 1. The van der Waals surface area contributed by atoms with E-state index >= 15 is 0 Å². The Hall–Kier alpha value is -2.02. The number of nitrogens with two attached hydrogens (primary N) is 1. The number of benzene rings is 1. The molecule has 0 radical (unpaired) electrons. The maximum absolute atomic E-state index is 13.6. The number of sulfone groups is 1. The lowest BCUT2D eigenvalue weighted by atomic mass is 10.3.